The van der Waals surface area contributed by atoms with Crippen molar-refractivity contribution in [2.45, 2.75) is 26.8 Å². The third-order valence-corrected chi connectivity index (χ3v) is 5.30. The van der Waals surface area contributed by atoms with Crippen molar-refractivity contribution in [3.8, 4) is 5.75 Å². The first kappa shape index (κ1) is 15.5. The van der Waals surface area contributed by atoms with E-state index in [9.17, 15) is 0 Å². The van der Waals surface area contributed by atoms with Gasteiger partial charge in [-0.15, -0.1) is 11.3 Å². The lowest BCUT2D eigenvalue weighted by molar-refractivity contribution is 0.334. The number of halogens is 1. The molecule has 0 saturated heterocycles. The summed E-state index contributed by atoms with van der Waals surface area (Å²) in [5.74, 6) is 0.961. The average molecular weight is 354 g/mol. The van der Waals surface area contributed by atoms with Crippen molar-refractivity contribution in [3.63, 3.8) is 0 Å². The summed E-state index contributed by atoms with van der Waals surface area (Å²) in [5.41, 5.74) is 2.48. The molecule has 2 nitrogen and oxygen atoms in total. The molecule has 1 N–H and O–H groups in total. The van der Waals surface area contributed by atoms with Gasteiger partial charge in [0, 0.05) is 10.4 Å². The molecule has 0 spiro atoms. The molecule has 108 valence electrons. The van der Waals surface area contributed by atoms with Crippen molar-refractivity contribution in [3.05, 3.63) is 50.1 Å². The maximum Gasteiger partial charge on any atom is 0.124 e. The van der Waals surface area contributed by atoms with Gasteiger partial charge in [0.2, 0.25) is 0 Å². The van der Waals surface area contributed by atoms with Crippen LogP contribution in [-0.4, -0.2) is 13.2 Å². The maximum atomic E-state index is 5.78. The van der Waals surface area contributed by atoms with Crippen LogP contribution in [0, 0.1) is 6.92 Å². The summed E-state index contributed by atoms with van der Waals surface area (Å²) in [4.78, 5) is 1.31. The number of thiophene rings is 1. The Bertz CT molecular complexity index is 548. The molecular weight excluding hydrogens is 334 g/mol. The van der Waals surface area contributed by atoms with Crippen molar-refractivity contribution >= 4 is 27.3 Å². The van der Waals surface area contributed by atoms with E-state index in [1.54, 1.807) is 11.3 Å². The van der Waals surface area contributed by atoms with Gasteiger partial charge < -0.3 is 10.1 Å². The summed E-state index contributed by atoms with van der Waals surface area (Å²) < 4.78 is 6.97. The fourth-order valence-corrected chi connectivity index (χ4v) is 3.87. The second kappa shape index (κ2) is 7.25. The van der Waals surface area contributed by atoms with Crippen molar-refractivity contribution < 1.29 is 4.74 Å². The van der Waals surface area contributed by atoms with Gasteiger partial charge in [0.1, 0.15) is 5.75 Å². The highest BCUT2D eigenvalue weighted by molar-refractivity contribution is 9.11. The van der Waals surface area contributed by atoms with Gasteiger partial charge in [-0.05, 0) is 54.0 Å². The van der Waals surface area contributed by atoms with Crippen molar-refractivity contribution in [2.75, 3.05) is 13.2 Å². The number of nitrogens with one attached hydrogen (secondary N) is 1. The minimum atomic E-state index is 0.178. The highest BCUT2D eigenvalue weighted by atomic mass is 79.9. The molecule has 0 fully saturated rings. The molecule has 1 unspecified atom stereocenters. The normalized spacial score (nSPS) is 12.4. The van der Waals surface area contributed by atoms with Crippen LogP contribution in [0.4, 0.5) is 0 Å². The van der Waals surface area contributed by atoms with Crippen LogP contribution in [0.15, 0.2) is 34.1 Å². The Morgan fingerprint density at radius 3 is 2.65 bits per heavy atom. The Morgan fingerprint density at radius 2 is 2.05 bits per heavy atom. The largest absolute Gasteiger partial charge is 0.494 e. The second-order valence-corrected chi connectivity index (χ2v) is 6.97. The Kier molecular flexibility index (Phi) is 5.64. The summed E-state index contributed by atoms with van der Waals surface area (Å²) in [5, 5.41) is 3.56. The summed E-state index contributed by atoms with van der Waals surface area (Å²) >= 11 is 5.40. The molecule has 2 rings (SSSR count). The molecule has 1 heterocycles. The Labute approximate surface area is 133 Å². The van der Waals surface area contributed by atoms with Crippen LogP contribution < -0.4 is 10.1 Å². The van der Waals surface area contributed by atoms with Gasteiger partial charge >= 0.3 is 0 Å². The van der Waals surface area contributed by atoms with E-state index in [0.717, 1.165) is 12.3 Å². The Morgan fingerprint density at radius 1 is 1.30 bits per heavy atom. The molecule has 20 heavy (non-hydrogen) atoms. The standard InChI is InChI=1S/C16H20BrNOS/c1-4-18-15(14-10-11(3)16(17)20-14)12-8-6-7-9-13(12)19-5-2/h6-10,15,18H,4-5H2,1-3H3. The van der Waals surface area contributed by atoms with Gasteiger partial charge in [-0.3, -0.25) is 0 Å². The van der Waals surface area contributed by atoms with Gasteiger partial charge in [0.05, 0.1) is 16.4 Å². The minimum absolute atomic E-state index is 0.178. The fourth-order valence-electron chi connectivity index (χ4n) is 2.20. The molecule has 0 amide bonds. The Hall–Kier alpha value is -0.840. The lowest BCUT2D eigenvalue weighted by atomic mass is 10.0. The number of hydrogen-bond donors (Lipinski definition) is 1. The Balaban J connectivity index is 2.42. The zero-order valence-electron chi connectivity index (χ0n) is 12.1. The number of para-hydroxylation sites is 1. The third-order valence-electron chi connectivity index (χ3n) is 3.10. The van der Waals surface area contributed by atoms with E-state index >= 15 is 0 Å². The quantitative estimate of drug-likeness (QED) is 0.795. The number of hydrogen-bond acceptors (Lipinski definition) is 3. The highest BCUT2D eigenvalue weighted by Gasteiger charge is 2.19. The SMILES string of the molecule is CCNC(c1cc(C)c(Br)s1)c1ccccc1OCC. The molecule has 4 heteroatoms. The third kappa shape index (κ3) is 3.43. The molecule has 0 saturated carbocycles. The van der Waals surface area contributed by atoms with E-state index in [4.69, 9.17) is 4.74 Å². The molecule has 1 aromatic carbocycles. The van der Waals surface area contributed by atoms with E-state index in [0.29, 0.717) is 6.61 Å². The smallest absolute Gasteiger partial charge is 0.124 e. The fraction of sp³-hybridized carbons (Fsp3) is 0.375. The van der Waals surface area contributed by atoms with Gasteiger partial charge in [0.15, 0.2) is 0 Å². The molecule has 2 aromatic rings. The topological polar surface area (TPSA) is 21.3 Å². The van der Waals surface area contributed by atoms with Crippen LogP contribution in [0.5, 0.6) is 5.75 Å². The predicted octanol–water partition coefficient (Wildman–Crippen LogP) is 4.92. The molecule has 1 atom stereocenters. The van der Waals surface area contributed by atoms with E-state index in [1.165, 1.54) is 19.8 Å². The molecule has 0 aliphatic rings. The monoisotopic (exact) mass is 353 g/mol. The van der Waals surface area contributed by atoms with Crippen molar-refractivity contribution in [1.29, 1.82) is 0 Å². The highest BCUT2D eigenvalue weighted by Crippen LogP contribution is 2.37. The summed E-state index contributed by atoms with van der Waals surface area (Å²) in [6.07, 6.45) is 0. The van der Waals surface area contributed by atoms with E-state index in [1.807, 2.05) is 19.1 Å². The first-order valence-corrected chi connectivity index (χ1v) is 8.49. The predicted molar refractivity (Wildman–Crippen MR) is 89.9 cm³/mol. The first-order valence-electron chi connectivity index (χ1n) is 6.88. The zero-order chi connectivity index (χ0) is 14.5. The average Bonchev–Trinajstić information content (AvgIpc) is 2.77. The van der Waals surface area contributed by atoms with Crippen LogP contribution >= 0.6 is 27.3 Å². The first-order chi connectivity index (χ1) is 9.67. The van der Waals surface area contributed by atoms with Crippen LogP contribution in [0.2, 0.25) is 0 Å². The molecule has 0 aliphatic carbocycles. The van der Waals surface area contributed by atoms with Crippen molar-refractivity contribution in [2.24, 2.45) is 0 Å². The lowest BCUT2D eigenvalue weighted by Gasteiger charge is -2.20. The number of benzene rings is 1. The van der Waals surface area contributed by atoms with Crippen LogP contribution in [0.1, 0.15) is 35.9 Å². The summed E-state index contributed by atoms with van der Waals surface area (Å²) in [7, 11) is 0. The maximum absolute atomic E-state index is 5.78. The number of rotatable bonds is 6. The van der Waals surface area contributed by atoms with Gasteiger partial charge in [-0.2, -0.15) is 0 Å². The lowest BCUT2D eigenvalue weighted by Crippen LogP contribution is -2.21. The van der Waals surface area contributed by atoms with Gasteiger partial charge in [-0.25, -0.2) is 0 Å². The minimum Gasteiger partial charge on any atom is -0.494 e. The summed E-state index contributed by atoms with van der Waals surface area (Å²) in [6, 6.07) is 10.7. The van der Waals surface area contributed by atoms with Crippen LogP contribution in [0.25, 0.3) is 0 Å². The number of aryl methyl sites for hydroxylation is 1. The van der Waals surface area contributed by atoms with Crippen LogP contribution in [-0.2, 0) is 0 Å². The zero-order valence-corrected chi connectivity index (χ0v) is 14.5. The van der Waals surface area contributed by atoms with E-state index < -0.39 is 0 Å². The van der Waals surface area contributed by atoms with Gasteiger partial charge in [-0.1, -0.05) is 25.1 Å². The molecule has 0 aliphatic heterocycles. The summed E-state index contributed by atoms with van der Waals surface area (Å²) in [6.45, 7) is 7.88. The molecule has 0 bridgehead atoms. The van der Waals surface area contributed by atoms with Crippen molar-refractivity contribution in [1.82, 2.24) is 5.32 Å². The molecule has 0 radical (unpaired) electrons. The van der Waals surface area contributed by atoms with E-state index in [2.05, 4.69) is 53.3 Å². The van der Waals surface area contributed by atoms with Gasteiger partial charge in [0.25, 0.3) is 0 Å². The number of ether oxygens (including phenoxy) is 1. The second-order valence-electron chi connectivity index (χ2n) is 4.57. The van der Waals surface area contributed by atoms with Crippen LogP contribution in [0.3, 0.4) is 0 Å². The van der Waals surface area contributed by atoms with E-state index in [-0.39, 0.29) is 6.04 Å². The molecular formula is C16H20BrNOS. The molecule has 1 aromatic heterocycles.